The van der Waals surface area contributed by atoms with E-state index in [9.17, 15) is 23.3 Å². The molecule has 5 aromatic rings. The van der Waals surface area contributed by atoms with Crippen LogP contribution in [0.5, 0.6) is 17.2 Å². The van der Waals surface area contributed by atoms with Crippen LogP contribution in [0.25, 0.3) is 16.6 Å². The summed E-state index contributed by atoms with van der Waals surface area (Å²) in [5.74, 6) is -0.505. The first kappa shape index (κ1) is 45.4. The molecule has 3 N–H and O–H groups in total. The number of ether oxygens (including phenoxy) is 4. The summed E-state index contributed by atoms with van der Waals surface area (Å²) in [7, 11) is -4.68. The van der Waals surface area contributed by atoms with Gasteiger partial charge in [-0.25, -0.2) is 18.1 Å². The van der Waals surface area contributed by atoms with E-state index in [1.54, 1.807) is 24.4 Å². The van der Waals surface area contributed by atoms with Crippen molar-refractivity contribution in [3.05, 3.63) is 113 Å². The molecule has 0 bridgehead atoms. The molecule has 18 heteroatoms. The average Bonchev–Trinajstić information content (AvgIpc) is 4.00. The van der Waals surface area contributed by atoms with Gasteiger partial charge in [-0.3, -0.25) is 24.7 Å². The maximum Gasteiger partial charge on any atom is 0.297 e. The zero-order valence-electron chi connectivity index (χ0n) is 38.9. The van der Waals surface area contributed by atoms with Gasteiger partial charge in [-0.15, -0.1) is 0 Å². The molecule has 5 aliphatic heterocycles. The number of piperidine rings is 1. The zero-order chi connectivity index (χ0) is 47.6. The minimum atomic E-state index is -4.68. The van der Waals surface area contributed by atoms with Crippen LogP contribution < -0.4 is 24.4 Å². The van der Waals surface area contributed by atoms with Crippen molar-refractivity contribution in [1.82, 2.24) is 24.5 Å². The second-order valence-electron chi connectivity index (χ2n) is 19.9. The summed E-state index contributed by atoms with van der Waals surface area (Å²) in [4.78, 5) is 40.4. The van der Waals surface area contributed by atoms with Crippen molar-refractivity contribution in [3.63, 3.8) is 0 Å². The van der Waals surface area contributed by atoms with Crippen LogP contribution in [0.4, 0.5) is 17.1 Å². The Labute approximate surface area is 401 Å². The normalized spacial score (nSPS) is 24.2. The number of nitro groups is 1. The van der Waals surface area contributed by atoms with E-state index in [0.717, 1.165) is 61.6 Å². The van der Waals surface area contributed by atoms with Crippen LogP contribution in [-0.2, 0) is 19.5 Å². The molecule has 4 atom stereocenters. The number of nitro benzene ring substituents is 1. The Balaban J connectivity index is 0.798. The summed E-state index contributed by atoms with van der Waals surface area (Å²) < 4.78 is 54.3. The SMILES string of the molecule is C=C(C)c1ccccc1[C@@H]1CCCN1C1CC2(CCN(c3ccc(C(=O)NS(=O)(=O)c4cc5c(c([N+](=O)[O-])c4)N[C@@H]([C@H]4CN(C6COC6)[C@H](C)CO4)CO5)c(Oc4cnc5[nH]ccc5c4)c3)CC2)C1. The van der Waals surface area contributed by atoms with Gasteiger partial charge in [0.15, 0.2) is 11.4 Å². The Kier molecular flexibility index (Phi) is 11.9. The molecule has 362 valence electrons. The Morgan fingerprint density at radius 1 is 0.986 bits per heavy atom. The number of anilines is 2. The molecule has 1 saturated carbocycles. The molecule has 7 heterocycles. The number of benzene rings is 3. The Morgan fingerprint density at radius 2 is 1.80 bits per heavy atom. The molecule has 0 radical (unpaired) electrons. The lowest BCUT2D eigenvalue weighted by molar-refractivity contribution is -0.384. The highest BCUT2D eigenvalue weighted by Crippen LogP contribution is 2.54. The molecule has 5 fully saturated rings. The molecule has 69 heavy (non-hydrogen) atoms. The van der Waals surface area contributed by atoms with Crippen LogP contribution in [0, 0.1) is 15.5 Å². The molecular weight excluding hydrogens is 901 g/mol. The maximum absolute atomic E-state index is 14.2. The van der Waals surface area contributed by atoms with Gasteiger partial charge >= 0.3 is 0 Å². The minimum absolute atomic E-state index is 0.0203. The predicted octanol–water partition coefficient (Wildman–Crippen LogP) is 7.66. The number of nitrogens with one attached hydrogen (secondary N) is 3. The van der Waals surface area contributed by atoms with Crippen LogP contribution in [0.3, 0.4) is 0 Å². The number of aromatic amines is 1. The third-order valence-electron chi connectivity index (χ3n) is 15.5. The van der Waals surface area contributed by atoms with E-state index in [-0.39, 0.29) is 53.0 Å². The third-order valence-corrected chi connectivity index (χ3v) is 16.8. The van der Waals surface area contributed by atoms with Gasteiger partial charge in [0.1, 0.15) is 23.8 Å². The average molecular weight is 959 g/mol. The number of sulfonamides is 1. The number of morpholine rings is 1. The standard InChI is InChI=1S/C51H58N8O9S/c1-31(2)39-7-4-5-8-40(39)43-9-6-16-57(43)35-23-51(24-35)13-17-56(18-14-51)34-10-11-41(45(20-34)68-37-19-33-12-15-52-49(33)53-25-37)50(60)55-69(63,64)38-21-44(59(61)62)48-46(22-38)67-30-42(54-48)47-26-58(32(3)27-66-47)36-28-65-29-36/h4-5,7-8,10-12,15,19-22,25,32,35-36,42-43,47,54H,1,6,9,13-14,16-18,23-24,26-30H2,2-3H3,(H,52,53)(H,55,60)/t32-,42-,43+,47-/m1/s1. The van der Waals surface area contributed by atoms with Gasteiger partial charge < -0.3 is 34.1 Å². The van der Waals surface area contributed by atoms with Crippen molar-refractivity contribution in [1.29, 1.82) is 0 Å². The minimum Gasteiger partial charge on any atom is -0.489 e. The molecule has 1 spiro atoms. The number of carbonyl (C=O) groups excluding carboxylic acids is 1. The summed E-state index contributed by atoms with van der Waals surface area (Å²) in [5.41, 5.74) is 5.03. The quantitative estimate of drug-likeness (QED) is 0.0815. The number of allylic oxidation sites excluding steroid dienone is 1. The Bertz CT molecular complexity index is 2920. The fourth-order valence-corrected chi connectivity index (χ4v) is 12.6. The number of rotatable bonds is 12. The molecule has 0 unspecified atom stereocenters. The molecule has 6 aliphatic rings. The van der Waals surface area contributed by atoms with Crippen LogP contribution in [0.2, 0.25) is 0 Å². The van der Waals surface area contributed by atoms with Crippen molar-refractivity contribution in [2.24, 2.45) is 5.41 Å². The number of likely N-dealkylation sites (tertiary alicyclic amines) is 1. The molecular formula is C51H58N8O9S. The van der Waals surface area contributed by atoms with Crippen molar-refractivity contribution in [3.8, 4) is 17.2 Å². The highest BCUT2D eigenvalue weighted by atomic mass is 32.2. The number of fused-ring (bicyclic) bond motifs is 2. The summed E-state index contributed by atoms with van der Waals surface area (Å²) in [5, 5.41) is 16.5. The first-order valence-electron chi connectivity index (χ1n) is 24.1. The van der Waals surface area contributed by atoms with E-state index in [2.05, 4.69) is 79.4 Å². The molecule has 2 aromatic heterocycles. The molecule has 17 nitrogen and oxygen atoms in total. The summed E-state index contributed by atoms with van der Waals surface area (Å²) in [6.45, 7) is 13.6. The van der Waals surface area contributed by atoms with E-state index in [1.165, 1.54) is 42.7 Å². The highest BCUT2D eigenvalue weighted by Gasteiger charge is 2.50. The Hall–Kier alpha value is -6.05. The van der Waals surface area contributed by atoms with Gasteiger partial charge in [0, 0.05) is 73.2 Å². The smallest absolute Gasteiger partial charge is 0.297 e. The zero-order valence-corrected chi connectivity index (χ0v) is 39.7. The first-order valence-corrected chi connectivity index (χ1v) is 25.5. The van der Waals surface area contributed by atoms with Gasteiger partial charge in [0.25, 0.3) is 21.6 Å². The largest absolute Gasteiger partial charge is 0.489 e. The molecule has 4 saturated heterocycles. The van der Waals surface area contributed by atoms with Crippen LogP contribution in [0.15, 0.2) is 90.6 Å². The highest BCUT2D eigenvalue weighted by molar-refractivity contribution is 7.90. The predicted molar refractivity (Wildman–Crippen MR) is 261 cm³/mol. The van der Waals surface area contributed by atoms with Gasteiger partial charge in [-0.1, -0.05) is 36.4 Å². The Morgan fingerprint density at radius 3 is 2.57 bits per heavy atom. The van der Waals surface area contributed by atoms with E-state index in [4.69, 9.17) is 18.9 Å². The summed E-state index contributed by atoms with van der Waals surface area (Å²) >= 11 is 0. The van der Waals surface area contributed by atoms with Crippen LogP contribution in [-0.4, -0.2) is 122 Å². The van der Waals surface area contributed by atoms with Crippen molar-refractivity contribution >= 4 is 49.6 Å². The lowest BCUT2D eigenvalue weighted by Gasteiger charge is -2.56. The van der Waals surface area contributed by atoms with Crippen molar-refractivity contribution < 1.29 is 37.1 Å². The van der Waals surface area contributed by atoms with Gasteiger partial charge in [-0.05, 0) is 99.7 Å². The summed E-state index contributed by atoms with van der Waals surface area (Å²) in [6, 6.07) is 20.6. The number of amides is 1. The fourth-order valence-electron chi connectivity index (χ4n) is 11.6. The number of hydrogen-bond donors (Lipinski definition) is 3. The van der Waals surface area contributed by atoms with Gasteiger partial charge in [0.05, 0.1) is 59.6 Å². The third kappa shape index (κ3) is 8.70. The van der Waals surface area contributed by atoms with Crippen molar-refractivity contribution in [2.45, 2.75) is 93.6 Å². The number of H-pyrrole nitrogens is 1. The molecule has 3 aromatic carbocycles. The van der Waals surface area contributed by atoms with E-state index < -0.39 is 37.5 Å². The number of pyridine rings is 1. The number of nitrogens with zero attached hydrogens (tertiary/aromatic N) is 5. The van der Waals surface area contributed by atoms with Crippen molar-refractivity contribution in [2.75, 3.05) is 62.8 Å². The van der Waals surface area contributed by atoms with E-state index in [0.29, 0.717) is 49.8 Å². The lowest BCUT2D eigenvalue weighted by Crippen LogP contribution is -2.62. The number of hydrogen-bond acceptors (Lipinski definition) is 14. The monoisotopic (exact) mass is 958 g/mol. The topological polar surface area (TPSA) is 194 Å². The maximum atomic E-state index is 14.2. The molecule has 1 amide bonds. The van der Waals surface area contributed by atoms with Gasteiger partial charge in [0.2, 0.25) is 0 Å². The second kappa shape index (κ2) is 18.0. The van der Waals surface area contributed by atoms with Crippen LogP contribution >= 0.6 is 0 Å². The van der Waals surface area contributed by atoms with E-state index in [1.807, 2.05) is 12.1 Å². The lowest BCUT2D eigenvalue weighted by atomic mass is 9.59. The first-order chi connectivity index (χ1) is 33.3. The number of carbonyl (C=O) groups is 1. The molecule has 11 rings (SSSR count). The van der Waals surface area contributed by atoms with Gasteiger partial charge in [-0.2, -0.15) is 0 Å². The second-order valence-corrected chi connectivity index (χ2v) is 21.5. The fraction of sp³-hybridized carbons (Fsp3) is 0.451. The molecule has 1 aliphatic carbocycles. The van der Waals surface area contributed by atoms with Crippen LogP contribution in [0.1, 0.15) is 79.9 Å². The number of aromatic nitrogens is 2. The summed E-state index contributed by atoms with van der Waals surface area (Å²) in [6.07, 6.45) is 9.73. The van der Waals surface area contributed by atoms with E-state index >= 15 is 0 Å².